The third kappa shape index (κ3) is 4.45. The van der Waals surface area contributed by atoms with E-state index in [-0.39, 0.29) is 12.2 Å². The number of unbranched alkanes of at least 4 members (excludes halogenated alkanes) is 1. The van der Waals surface area contributed by atoms with Crippen molar-refractivity contribution in [2.45, 2.75) is 64.2 Å². The number of ether oxygens (including phenoxy) is 2. The predicted octanol–water partition coefficient (Wildman–Crippen LogP) is 3.56. The van der Waals surface area contributed by atoms with Crippen LogP contribution in [0, 0.1) is 0 Å². The van der Waals surface area contributed by atoms with Gasteiger partial charge < -0.3 is 14.8 Å². The Kier molecular flexibility index (Phi) is 6.52. The fraction of sp³-hybridized carbons (Fsp3) is 0.667. The fourth-order valence-electron chi connectivity index (χ4n) is 2.83. The van der Waals surface area contributed by atoms with Gasteiger partial charge in [0.1, 0.15) is 18.0 Å². The molecule has 3 atom stereocenters. The molecule has 0 bridgehead atoms. The quantitative estimate of drug-likeness (QED) is 0.754. The maximum absolute atomic E-state index is 6.06. The first-order valence-electron chi connectivity index (χ1n) is 8.30. The van der Waals surface area contributed by atoms with Crippen LogP contribution in [0.3, 0.4) is 0 Å². The number of methoxy groups -OCH3 is 1. The zero-order valence-corrected chi connectivity index (χ0v) is 13.6. The Labute approximate surface area is 129 Å². The van der Waals surface area contributed by atoms with Gasteiger partial charge in [-0.2, -0.15) is 0 Å². The Morgan fingerprint density at radius 2 is 1.90 bits per heavy atom. The SMILES string of the molecule is CCCCc1ccc(OC2CC(NCCC)C2OC)cc1. The summed E-state index contributed by atoms with van der Waals surface area (Å²) in [5.74, 6) is 0.955. The molecule has 0 spiro atoms. The number of nitrogens with one attached hydrogen (secondary N) is 1. The summed E-state index contributed by atoms with van der Waals surface area (Å²) < 4.78 is 11.6. The molecule has 1 aliphatic rings. The van der Waals surface area contributed by atoms with E-state index < -0.39 is 0 Å². The van der Waals surface area contributed by atoms with Gasteiger partial charge in [0.15, 0.2) is 0 Å². The summed E-state index contributed by atoms with van der Waals surface area (Å²) in [5, 5.41) is 3.51. The zero-order chi connectivity index (χ0) is 15.1. The highest BCUT2D eigenvalue weighted by atomic mass is 16.5. The van der Waals surface area contributed by atoms with Crippen LogP contribution >= 0.6 is 0 Å². The minimum atomic E-state index is 0.163. The van der Waals surface area contributed by atoms with Crippen molar-refractivity contribution in [1.29, 1.82) is 0 Å². The first-order chi connectivity index (χ1) is 10.3. The van der Waals surface area contributed by atoms with Gasteiger partial charge in [0.2, 0.25) is 0 Å². The van der Waals surface area contributed by atoms with Gasteiger partial charge in [-0.1, -0.05) is 32.4 Å². The van der Waals surface area contributed by atoms with Gasteiger partial charge in [0, 0.05) is 19.6 Å². The molecule has 0 heterocycles. The Morgan fingerprint density at radius 3 is 2.52 bits per heavy atom. The lowest BCUT2D eigenvalue weighted by Crippen LogP contribution is -2.61. The fourth-order valence-corrected chi connectivity index (χ4v) is 2.83. The van der Waals surface area contributed by atoms with Gasteiger partial charge in [-0.25, -0.2) is 0 Å². The molecule has 1 saturated carbocycles. The predicted molar refractivity (Wildman–Crippen MR) is 87.0 cm³/mol. The molecule has 21 heavy (non-hydrogen) atoms. The maximum Gasteiger partial charge on any atom is 0.128 e. The van der Waals surface area contributed by atoms with Crippen molar-refractivity contribution >= 4 is 0 Å². The first-order valence-corrected chi connectivity index (χ1v) is 8.30. The Bertz CT molecular complexity index is 404. The molecule has 1 aromatic rings. The third-order valence-corrected chi connectivity index (χ3v) is 4.21. The molecule has 1 N–H and O–H groups in total. The smallest absolute Gasteiger partial charge is 0.128 e. The summed E-state index contributed by atoms with van der Waals surface area (Å²) >= 11 is 0. The molecule has 0 amide bonds. The van der Waals surface area contributed by atoms with Crippen LogP contribution in [0.5, 0.6) is 5.75 Å². The molecule has 1 aromatic carbocycles. The lowest BCUT2D eigenvalue weighted by molar-refractivity contribution is -0.0887. The summed E-state index contributed by atoms with van der Waals surface area (Å²) in [6.07, 6.45) is 6.15. The molecule has 0 saturated heterocycles. The van der Waals surface area contributed by atoms with Crippen molar-refractivity contribution in [3.05, 3.63) is 29.8 Å². The molecule has 1 aliphatic carbocycles. The van der Waals surface area contributed by atoms with E-state index in [9.17, 15) is 0 Å². The Hall–Kier alpha value is -1.06. The molecule has 3 unspecified atom stereocenters. The average Bonchev–Trinajstić information content (AvgIpc) is 2.49. The van der Waals surface area contributed by atoms with E-state index in [2.05, 4.69) is 43.4 Å². The van der Waals surface area contributed by atoms with Crippen LogP contribution in [0.15, 0.2) is 24.3 Å². The van der Waals surface area contributed by atoms with Crippen LogP contribution in [-0.2, 0) is 11.2 Å². The average molecular weight is 291 g/mol. The minimum Gasteiger partial charge on any atom is -0.488 e. The van der Waals surface area contributed by atoms with Gasteiger partial charge in [-0.3, -0.25) is 0 Å². The molecule has 1 fully saturated rings. The van der Waals surface area contributed by atoms with E-state index in [1.807, 2.05) is 0 Å². The molecule has 118 valence electrons. The molecule has 0 aliphatic heterocycles. The van der Waals surface area contributed by atoms with Crippen LogP contribution in [0.2, 0.25) is 0 Å². The molecule has 0 radical (unpaired) electrons. The van der Waals surface area contributed by atoms with Crippen molar-refractivity contribution in [3.63, 3.8) is 0 Å². The Balaban J connectivity index is 1.82. The van der Waals surface area contributed by atoms with E-state index in [4.69, 9.17) is 9.47 Å². The van der Waals surface area contributed by atoms with Crippen molar-refractivity contribution in [1.82, 2.24) is 5.32 Å². The van der Waals surface area contributed by atoms with Gasteiger partial charge in [0.25, 0.3) is 0 Å². The summed E-state index contributed by atoms with van der Waals surface area (Å²) in [4.78, 5) is 0. The number of hydrogen-bond acceptors (Lipinski definition) is 3. The molecule has 3 heteroatoms. The summed E-state index contributed by atoms with van der Waals surface area (Å²) in [5.41, 5.74) is 1.39. The topological polar surface area (TPSA) is 30.5 Å². The minimum absolute atomic E-state index is 0.163. The molecule has 2 rings (SSSR count). The van der Waals surface area contributed by atoms with Crippen LogP contribution in [0.4, 0.5) is 0 Å². The first kappa shape index (κ1) is 16.3. The van der Waals surface area contributed by atoms with Crippen LogP contribution in [-0.4, -0.2) is 31.9 Å². The number of hydrogen-bond donors (Lipinski definition) is 1. The zero-order valence-electron chi connectivity index (χ0n) is 13.6. The largest absolute Gasteiger partial charge is 0.488 e. The van der Waals surface area contributed by atoms with Crippen molar-refractivity contribution in [2.75, 3.05) is 13.7 Å². The van der Waals surface area contributed by atoms with E-state index >= 15 is 0 Å². The van der Waals surface area contributed by atoms with Crippen molar-refractivity contribution < 1.29 is 9.47 Å². The second-order valence-corrected chi connectivity index (χ2v) is 5.90. The van der Waals surface area contributed by atoms with Crippen LogP contribution < -0.4 is 10.1 Å². The van der Waals surface area contributed by atoms with E-state index in [0.717, 1.165) is 31.6 Å². The highest BCUT2D eigenvalue weighted by molar-refractivity contribution is 5.28. The van der Waals surface area contributed by atoms with Gasteiger partial charge >= 0.3 is 0 Å². The summed E-state index contributed by atoms with van der Waals surface area (Å²) in [6, 6.07) is 8.97. The lowest BCUT2D eigenvalue weighted by Gasteiger charge is -2.43. The van der Waals surface area contributed by atoms with Crippen molar-refractivity contribution in [3.8, 4) is 5.75 Å². The van der Waals surface area contributed by atoms with Gasteiger partial charge in [0.05, 0.1) is 0 Å². The van der Waals surface area contributed by atoms with E-state index in [1.54, 1.807) is 7.11 Å². The van der Waals surface area contributed by atoms with Crippen molar-refractivity contribution in [2.24, 2.45) is 0 Å². The van der Waals surface area contributed by atoms with E-state index in [1.165, 1.54) is 18.4 Å². The highest BCUT2D eigenvalue weighted by Crippen LogP contribution is 2.29. The number of aryl methyl sites for hydroxylation is 1. The summed E-state index contributed by atoms with van der Waals surface area (Å²) in [7, 11) is 1.77. The lowest BCUT2D eigenvalue weighted by atomic mass is 9.85. The number of rotatable bonds is 9. The third-order valence-electron chi connectivity index (χ3n) is 4.21. The summed E-state index contributed by atoms with van der Waals surface area (Å²) in [6.45, 7) is 5.45. The number of benzene rings is 1. The molecule has 0 aromatic heterocycles. The maximum atomic E-state index is 6.06. The van der Waals surface area contributed by atoms with Crippen LogP contribution in [0.1, 0.15) is 45.1 Å². The second-order valence-electron chi connectivity index (χ2n) is 5.90. The molecular weight excluding hydrogens is 262 g/mol. The van der Waals surface area contributed by atoms with Gasteiger partial charge in [-0.15, -0.1) is 0 Å². The molecule has 3 nitrogen and oxygen atoms in total. The standard InChI is InChI=1S/C18H29NO2/c1-4-6-7-14-8-10-15(11-9-14)21-17-13-16(18(17)20-3)19-12-5-2/h8-11,16-19H,4-7,12-13H2,1-3H3. The Morgan fingerprint density at radius 1 is 1.14 bits per heavy atom. The molecular formula is C18H29NO2. The van der Waals surface area contributed by atoms with Crippen LogP contribution in [0.25, 0.3) is 0 Å². The second kappa shape index (κ2) is 8.40. The highest BCUT2D eigenvalue weighted by Gasteiger charge is 2.42. The van der Waals surface area contributed by atoms with Gasteiger partial charge in [-0.05, 0) is 43.5 Å². The normalized spacial score (nSPS) is 24.6. The van der Waals surface area contributed by atoms with E-state index in [0.29, 0.717) is 6.04 Å². The monoisotopic (exact) mass is 291 g/mol.